The van der Waals surface area contributed by atoms with E-state index >= 15 is 0 Å². The van der Waals surface area contributed by atoms with Gasteiger partial charge in [-0.1, -0.05) is 54.6 Å². The van der Waals surface area contributed by atoms with Gasteiger partial charge in [-0.05, 0) is 42.6 Å². The van der Waals surface area contributed by atoms with Crippen molar-refractivity contribution in [2.24, 2.45) is 0 Å². The number of benzene rings is 2. The molecule has 0 radical (unpaired) electrons. The molecule has 1 saturated heterocycles. The Kier molecular flexibility index (Phi) is 7.20. The largest absolute Gasteiger partial charge is 0.352 e. The summed E-state index contributed by atoms with van der Waals surface area (Å²) in [5, 5.41) is 5.83. The second-order valence-corrected chi connectivity index (χ2v) is 7.44. The first-order valence-electron chi connectivity index (χ1n) is 9.99. The van der Waals surface area contributed by atoms with Gasteiger partial charge in [-0.3, -0.25) is 14.5 Å². The highest BCUT2D eigenvalue weighted by molar-refractivity contribution is 5.79. The quantitative estimate of drug-likeness (QED) is 0.741. The van der Waals surface area contributed by atoms with Gasteiger partial charge in [0.1, 0.15) is 0 Å². The molecule has 0 bridgehead atoms. The monoisotopic (exact) mass is 379 g/mol. The predicted molar refractivity (Wildman–Crippen MR) is 110 cm³/mol. The van der Waals surface area contributed by atoms with Crippen LogP contribution < -0.4 is 10.6 Å². The Balaban J connectivity index is 1.50. The lowest BCUT2D eigenvalue weighted by Crippen LogP contribution is -2.32. The third kappa shape index (κ3) is 6.20. The van der Waals surface area contributed by atoms with E-state index in [1.807, 2.05) is 30.3 Å². The van der Waals surface area contributed by atoms with Crippen molar-refractivity contribution >= 4 is 11.8 Å². The van der Waals surface area contributed by atoms with Crippen molar-refractivity contribution < 1.29 is 9.59 Å². The summed E-state index contributed by atoms with van der Waals surface area (Å²) >= 11 is 0. The molecular formula is C23H29N3O2. The Hall–Kier alpha value is -2.66. The van der Waals surface area contributed by atoms with Crippen molar-refractivity contribution in [3.05, 3.63) is 71.3 Å². The van der Waals surface area contributed by atoms with Gasteiger partial charge < -0.3 is 10.6 Å². The van der Waals surface area contributed by atoms with Gasteiger partial charge in [0.2, 0.25) is 11.8 Å². The predicted octanol–water partition coefficient (Wildman–Crippen LogP) is 3.17. The van der Waals surface area contributed by atoms with Crippen LogP contribution in [-0.4, -0.2) is 29.8 Å². The highest BCUT2D eigenvalue weighted by Crippen LogP contribution is 2.17. The number of carbonyl (C=O) groups excluding carboxylic acids is 2. The van der Waals surface area contributed by atoms with Crippen LogP contribution in [0.2, 0.25) is 0 Å². The fraction of sp³-hybridized carbons (Fsp3) is 0.391. The lowest BCUT2D eigenvalue weighted by Gasteiger charge is -2.18. The van der Waals surface area contributed by atoms with Gasteiger partial charge in [0, 0.05) is 20.0 Å². The molecule has 2 aromatic rings. The van der Waals surface area contributed by atoms with E-state index in [0.29, 0.717) is 6.54 Å². The minimum atomic E-state index is -0.318. The van der Waals surface area contributed by atoms with E-state index < -0.39 is 0 Å². The van der Waals surface area contributed by atoms with Gasteiger partial charge in [-0.15, -0.1) is 0 Å². The summed E-state index contributed by atoms with van der Waals surface area (Å²) in [4.78, 5) is 26.4. The first-order valence-corrected chi connectivity index (χ1v) is 9.99. The van der Waals surface area contributed by atoms with Gasteiger partial charge in [0.25, 0.3) is 0 Å². The number of carbonyl (C=O) groups is 2. The average Bonchev–Trinajstić information content (AvgIpc) is 3.20. The van der Waals surface area contributed by atoms with Crippen LogP contribution in [-0.2, 0) is 22.7 Å². The summed E-state index contributed by atoms with van der Waals surface area (Å²) in [5.41, 5.74) is 3.32. The van der Waals surface area contributed by atoms with E-state index in [1.54, 1.807) is 0 Å². The summed E-state index contributed by atoms with van der Waals surface area (Å²) in [7, 11) is 0. The standard InChI is InChI=1S/C23H29N3O2/c1-18(27)25-22(21-7-3-2-4-8-21)15-23(28)24-16-19-9-11-20(12-10-19)17-26-13-5-6-14-26/h2-4,7-12,22H,5-6,13-17H2,1H3,(H,24,28)(H,25,27)/t22-/m0/s1. The van der Waals surface area contributed by atoms with Crippen LogP contribution in [0.3, 0.4) is 0 Å². The van der Waals surface area contributed by atoms with Crippen molar-refractivity contribution in [1.29, 1.82) is 0 Å². The van der Waals surface area contributed by atoms with Crippen molar-refractivity contribution in [1.82, 2.24) is 15.5 Å². The second kappa shape index (κ2) is 10.0. The number of nitrogens with zero attached hydrogens (tertiary/aromatic N) is 1. The molecule has 2 N–H and O–H groups in total. The normalized spacial score (nSPS) is 15.2. The smallest absolute Gasteiger partial charge is 0.222 e. The molecule has 1 aliphatic rings. The Morgan fingerprint density at radius 1 is 0.964 bits per heavy atom. The molecule has 0 spiro atoms. The molecule has 0 aliphatic carbocycles. The van der Waals surface area contributed by atoms with Crippen LogP contribution in [0, 0.1) is 0 Å². The number of nitrogens with one attached hydrogen (secondary N) is 2. The average molecular weight is 380 g/mol. The van der Waals surface area contributed by atoms with Gasteiger partial charge in [-0.2, -0.15) is 0 Å². The molecule has 5 nitrogen and oxygen atoms in total. The maximum absolute atomic E-state index is 12.4. The summed E-state index contributed by atoms with van der Waals surface area (Å²) < 4.78 is 0. The Bertz CT molecular complexity index is 768. The van der Waals surface area contributed by atoms with Crippen molar-refractivity contribution in [2.75, 3.05) is 13.1 Å². The zero-order valence-electron chi connectivity index (χ0n) is 16.5. The first kappa shape index (κ1) is 20.1. The molecule has 1 fully saturated rings. The summed E-state index contributed by atoms with van der Waals surface area (Å²) in [5.74, 6) is -0.223. The number of rotatable bonds is 8. The third-order valence-electron chi connectivity index (χ3n) is 5.09. The molecule has 3 rings (SSSR count). The van der Waals surface area contributed by atoms with Gasteiger partial charge in [0.05, 0.1) is 12.5 Å². The minimum absolute atomic E-state index is 0.0799. The maximum Gasteiger partial charge on any atom is 0.222 e. The van der Waals surface area contributed by atoms with Crippen LogP contribution in [0.25, 0.3) is 0 Å². The molecule has 1 atom stereocenters. The molecule has 5 heteroatoms. The van der Waals surface area contributed by atoms with Crippen LogP contribution in [0.15, 0.2) is 54.6 Å². The highest BCUT2D eigenvalue weighted by atomic mass is 16.2. The van der Waals surface area contributed by atoms with Crippen LogP contribution in [0.1, 0.15) is 48.9 Å². The third-order valence-corrected chi connectivity index (χ3v) is 5.09. The first-order chi connectivity index (χ1) is 13.6. The lowest BCUT2D eigenvalue weighted by molar-refractivity contribution is -0.122. The fourth-order valence-corrected chi connectivity index (χ4v) is 3.60. The summed E-state index contributed by atoms with van der Waals surface area (Å²) in [6, 6.07) is 17.7. The van der Waals surface area contributed by atoms with Crippen LogP contribution in [0.4, 0.5) is 0 Å². The zero-order chi connectivity index (χ0) is 19.8. The van der Waals surface area contributed by atoms with Crippen LogP contribution >= 0.6 is 0 Å². The molecule has 2 aromatic carbocycles. The topological polar surface area (TPSA) is 61.4 Å². The fourth-order valence-electron chi connectivity index (χ4n) is 3.60. The molecule has 148 valence electrons. The van der Waals surface area contributed by atoms with Crippen molar-refractivity contribution in [3.63, 3.8) is 0 Å². The Morgan fingerprint density at radius 3 is 2.25 bits per heavy atom. The van der Waals surface area contributed by atoms with Gasteiger partial charge in [-0.25, -0.2) is 0 Å². The summed E-state index contributed by atoms with van der Waals surface area (Å²) in [6.45, 7) is 5.34. The van der Waals surface area contributed by atoms with Crippen molar-refractivity contribution in [2.45, 2.75) is 45.3 Å². The number of amides is 2. The van der Waals surface area contributed by atoms with E-state index in [1.165, 1.54) is 38.4 Å². The lowest BCUT2D eigenvalue weighted by atomic mass is 10.0. The van der Waals surface area contributed by atoms with Crippen LogP contribution in [0.5, 0.6) is 0 Å². The Labute approximate surface area is 167 Å². The molecular weight excluding hydrogens is 350 g/mol. The number of hydrogen-bond acceptors (Lipinski definition) is 3. The zero-order valence-corrected chi connectivity index (χ0v) is 16.5. The van der Waals surface area contributed by atoms with E-state index in [4.69, 9.17) is 0 Å². The molecule has 0 unspecified atom stereocenters. The van der Waals surface area contributed by atoms with E-state index in [-0.39, 0.29) is 24.3 Å². The highest BCUT2D eigenvalue weighted by Gasteiger charge is 2.17. The van der Waals surface area contributed by atoms with Gasteiger partial charge in [0.15, 0.2) is 0 Å². The SMILES string of the molecule is CC(=O)N[C@@H](CC(=O)NCc1ccc(CN2CCCC2)cc1)c1ccccc1. The Morgan fingerprint density at radius 2 is 1.61 bits per heavy atom. The number of hydrogen-bond donors (Lipinski definition) is 2. The molecule has 0 aromatic heterocycles. The van der Waals surface area contributed by atoms with Crippen molar-refractivity contribution in [3.8, 4) is 0 Å². The number of likely N-dealkylation sites (tertiary alicyclic amines) is 1. The van der Waals surface area contributed by atoms with E-state index in [0.717, 1.165) is 17.7 Å². The van der Waals surface area contributed by atoms with Gasteiger partial charge >= 0.3 is 0 Å². The molecule has 28 heavy (non-hydrogen) atoms. The van der Waals surface area contributed by atoms with E-state index in [9.17, 15) is 9.59 Å². The minimum Gasteiger partial charge on any atom is -0.352 e. The maximum atomic E-state index is 12.4. The molecule has 2 amide bonds. The summed E-state index contributed by atoms with van der Waals surface area (Å²) in [6.07, 6.45) is 2.82. The second-order valence-electron chi connectivity index (χ2n) is 7.44. The molecule has 1 aliphatic heterocycles. The van der Waals surface area contributed by atoms with E-state index in [2.05, 4.69) is 39.8 Å². The molecule has 0 saturated carbocycles. The molecule has 1 heterocycles.